The van der Waals surface area contributed by atoms with Crippen LogP contribution in [0, 0.1) is 0 Å². The quantitative estimate of drug-likeness (QED) is 0.658. The zero-order valence-corrected chi connectivity index (χ0v) is 8.47. The SMILES string of the molecule is O=C(O)c1cc2cc3cccc-3[nH]c2s1. The Morgan fingerprint density at radius 2 is 2.20 bits per heavy atom. The number of aromatic carboxylic acids is 1. The minimum absolute atomic E-state index is 0.369. The molecule has 0 aromatic carbocycles. The Labute approximate surface area is 89.3 Å². The van der Waals surface area contributed by atoms with Crippen molar-refractivity contribution in [2.24, 2.45) is 0 Å². The van der Waals surface area contributed by atoms with Gasteiger partial charge in [0.15, 0.2) is 0 Å². The van der Waals surface area contributed by atoms with Gasteiger partial charge in [-0.05, 0) is 23.8 Å². The van der Waals surface area contributed by atoms with E-state index in [1.165, 1.54) is 11.3 Å². The summed E-state index contributed by atoms with van der Waals surface area (Å²) in [5, 5.41) is 9.83. The Bertz CT molecular complexity index is 578. The van der Waals surface area contributed by atoms with Gasteiger partial charge in [0.05, 0.1) is 0 Å². The van der Waals surface area contributed by atoms with Crippen molar-refractivity contribution in [2.75, 3.05) is 0 Å². The molecule has 1 aliphatic heterocycles. The molecule has 0 saturated heterocycles. The number of H-pyrrole nitrogens is 1. The van der Waals surface area contributed by atoms with E-state index in [0.717, 1.165) is 21.5 Å². The fourth-order valence-electron chi connectivity index (χ4n) is 1.68. The van der Waals surface area contributed by atoms with E-state index >= 15 is 0 Å². The average Bonchev–Trinajstić information content (AvgIpc) is 2.77. The molecular formula is C11H7NO2S. The van der Waals surface area contributed by atoms with Crippen LogP contribution in [0.3, 0.4) is 0 Å². The molecule has 0 spiro atoms. The smallest absolute Gasteiger partial charge is 0.345 e. The predicted octanol–water partition coefficient (Wildman–Crippen LogP) is 3.03. The lowest BCUT2D eigenvalue weighted by molar-refractivity contribution is 0.0702. The molecule has 4 heteroatoms. The van der Waals surface area contributed by atoms with Crippen molar-refractivity contribution < 1.29 is 9.90 Å². The minimum atomic E-state index is -0.871. The second-order valence-electron chi connectivity index (χ2n) is 3.36. The van der Waals surface area contributed by atoms with Crippen LogP contribution < -0.4 is 0 Å². The summed E-state index contributed by atoms with van der Waals surface area (Å²) in [6.45, 7) is 0. The lowest BCUT2D eigenvalue weighted by Gasteiger charge is -1.98. The van der Waals surface area contributed by atoms with Gasteiger partial charge in [0, 0.05) is 11.1 Å². The second-order valence-corrected chi connectivity index (χ2v) is 4.42. The molecule has 0 unspecified atom stereocenters. The van der Waals surface area contributed by atoms with Crippen molar-refractivity contribution in [1.29, 1.82) is 0 Å². The van der Waals surface area contributed by atoms with Crippen LogP contribution in [0.25, 0.3) is 21.5 Å². The first-order valence-electron chi connectivity index (χ1n) is 4.48. The van der Waals surface area contributed by atoms with Crippen LogP contribution in [0.5, 0.6) is 0 Å². The van der Waals surface area contributed by atoms with Crippen LogP contribution in [0.1, 0.15) is 9.67 Å². The number of hydrogen-bond donors (Lipinski definition) is 2. The van der Waals surface area contributed by atoms with Crippen molar-refractivity contribution in [3.05, 3.63) is 35.2 Å². The first-order chi connectivity index (χ1) is 7.24. The molecule has 0 bridgehead atoms. The van der Waals surface area contributed by atoms with Gasteiger partial charge < -0.3 is 10.1 Å². The average molecular weight is 217 g/mol. The summed E-state index contributed by atoms with van der Waals surface area (Å²) in [5.41, 5.74) is 2.15. The van der Waals surface area contributed by atoms with E-state index < -0.39 is 5.97 Å². The van der Waals surface area contributed by atoms with E-state index in [0.29, 0.717) is 4.88 Å². The van der Waals surface area contributed by atoms with E-state index in [4.69, 9.17) is 5.11 Å². The van der Waals surface area contributed by atoms with E-state index in [2.05, 4.69) is 4.98 Å². The first-order valence-corrected chi connectivity index (χ1v) is 5.30. The number of aromatic amines is 1. The molecule has 0 saturated carbocycles. The van der Waals surface area contributed by atoms with Gasteiger partial charge in [-0.2, -0.15) is 0 Å². The predicted molar refractivity (Wildman–Crippen MR) is 59.8 cm³/mol. The lowest BCUT2D eigenvalue weighted by Crippen LogP contribution is -1.89. The number of aromatic nitrogens is 1. The molecule has 0 amide bonds. The van der Waals surface area contributed by atoms with Crippen LogP contribution in [0.4, 0.5) is 0 Å². The summed E-state index contributed by atoms with van der Waals surface area (Å²) in [6.07, 6.45) is 0. The van der Waals surface area contributed by atoms with Crippen molar-refractivity contribution in [3.8, 4) is 11.3 Å². The molecule has 74 valence electrons. The van der Waals surface area contributed by atoms with Crippen molar-refractivity contribution >= 4 is 27.5 Å². The number of thiophene rings is 1. The monoisotopic (exact) mass is 217 g/mol. The molecule has 2 aliphatic rings. The largest absolute Gasteiger partial charge is 0.477 e. The van der Waals surface area contributed by atoms with Gasteiger partial charge in [-0.1, -0.05) is 12.1 Å². The van der Waals surface area contributed by atoms with Gasteiger partial charge in [0.25, 0.3) is 0 Å². The van der Waals surface area contributed by atoms with E-state index in [-0.39, 0.29) is 0 Å². The molecule has 1 aliphatic carbocycles. The second kappa shape index (κ2) is 2.84. The zero-order chi connectivity index (χ0) is 10.4. The third-order valence-corrected chi connectivity index (χ3v) is 3.43. The summed E-state index contributed by atoms with van der Waals surface area (Å²) in [5.74, 6) is -0.871. The number of hydrogen-bond acceptors (Lipinski definition) is 2. The van der Waals surface area contributed by atoms with Crippen molar-refractivity contribution in [3.63, 3.8) is 0 Å². The number of pyridine rings is 1. The summed E-state index contributed by atoms with van der Waals surface area (Å²) in [7, 11) is 0. The van der Waals surface area contributed by atoms with Gasteiger partial charge in [-0.15, -0.1) is 11.3 Å². The molecule has 2 heterocycles. The number of carboxylic acid groups (broad SMARTS) is 1. The maximum absolute atomic E-state index is 10.8. The van der Waals surface area contributed by atoms with Crippen LogP contribution in [0.2, 0.25) is 0 Å². The normalized spacial score (nSPS) is 11.2. The van der Waals surface area contributed by atoms with Crippen molar-refractivity contribution in [2.45, 2.75) is 0 Å². The highest BCUT2D eigenvalue weighted by Gasteiger charge is 2.11. The third kappa shape index (κ3) is 1.22. The summed E-state index contributed by atoms with van der Waals surface area (Å²) in [4.78, 5) is 15.3. The maximum Gasteiger partial charge on any atom is 0.345 e. The van der Waals surface area contributed by atoms with Crippen molar-refractivity contribution in [1.82, 2.24) is 4.98 Å². The van der Waals surface area contributed by atoms with Crippen LogP contribution in [0.15, 0.2) is 30.3 Å². The van der Waals surface area contributed by atoms with Gasteiger partial charge in [0.1, 0.15) is 9.71 Å². The number of nitrogens with one attached hydrogen (secondary N) is 1. The van der Waals surface area contributed by atoms with Crippen LogP contribution in [-0.2, 0) is 0 Å². The highest BCUT2D eigenvalue weighted by molar-refractivity contribution is 7.20. The standard InChI is InChI=1S/C11H7NO2S/c13-11(14)9-5-7-4-6-2-1-3-8(6)12-10(7)15-9/h1-5,12H,(H,13,14). The van der Waals surface area contributed by atoms with Gasteiger partial charge in [-0.3, -0.25) is 0 Å². The number of fused-ring (bicyclic) bond motifs is 2. The Kier molecular flexibility index (Phi) is 1.61. The summed E-state index contributed by atoms with van der Waals surface area (Å²) < 4.78 is 0. The van der Waals surface area contributed by atoms with E-state index in [1.54, 1.807) is 6.07 Å². The fourth-order valence-corrected chi connectivity index (χ4v) is 2.57. The molecular weight excluding hydrogens is 210 g/mol. The third-order valence-electron chi connectivity index (χ3n) is 2.38. The first kappa shape index (κ1) is 8.49. The van der Waals surface area contributed by atoms with Crippen LogP contribution >= 0.6 is 11.3 Å². The molecule has 1 aromatic heterocycles. The van der Waals surface area contributed by atoms with E-state index in [1.807, 2.05) is 24.3 Å². The Balaban J connectivity index is 2.36. The molecule has 0 fully saturated rings. The van der Waals surface area contributed by atoms with Gasteiger partial charge >= 0.3 is 5.97 Å². The molecule has 3 nitrogen and oxygen atoms in total. The van der Waals surface area contributed by atoms with Crippen LogP contribution in [-0.4, -0.2) is 16.1 Å². The Morgan fingerprint density at radius 3 is 3.00 bits per heavy atom. The number of rotatable bonds is 1. The molecule has 1 aromatic rings. The molecule has 2 N–H and O–H groups in total. The summed E-state index contributed by atoms with van der Waals surface area (Å²) >= 11 is 1.27. The highest BCUT2D eigenvalue weighted by Crippen LogP contribution is 2.30. The zero-order valence-electron chi connectivity index (χ0n) is 7.65. The Hall–Kier alpha value is -1.81. The summed E-state index contributed by atoms with van der Waals surface area (Å²) in [6, 6.07) is 9.66. The van der Waals surface area contributed by atoms with E-state index in [9.17, 15) is 4.79 Å². The molecule has 0 radical (unpaired) electrons. The van der Waals surface area contributed by atoms with Gasteiger partial charge in [0.2, 0.25) is 0 Å². The molecule has 3 rings (SSSR count). The lowest BCUT2D eigenvalue weighted by atomic mass is 10.2. The Morgan fingerprint density at radius 1 is 1.33 bits per heavy atom. The molecule has 0 atom stereocenters. The number of carboxylic acids is 1. The molecule has 15 heavy (non-hydrogen) atoms. The minimum Gasteiger partial charge on any atom is -0.477 e. The highest BCUT2D eigenvalue weighted by atomic mass is 32.1. The fraction of sp³-hybridized carbons (Fsp3) is 0. The maximum atomic E-state index is 10.8. The number of carbonyl (C=O) groups is 1. The van der Waals surface area contributed by atoms with Gasteiger partial charge in [-0.25, -0.2) is 4.79 Å². The topological polar surface area (TPSA) is 53.1 Å².